The van der Waals surface area contributed by atoms with Crippen LogP contribution in [0.5, 0.6) is 0 Å². The topological polar surface area (TPSA) is 3.24 Å². The van der Waals surface area contributed by atoms with E-state index < -0.39 is 0 Å². The predicted molar refractivity (Wildman–Crippen MR) is 52.3 cm³/mol. The van der Waals surface area contributed by atoms with Gasteiger partial charge in [0.2, 0.25) is 0 Å². The van der Waals surface area contributed by atoms with Crippen molar-refractivity contribution in [2.24, 2.45) is 0 Å². The van der Waals surface area contributed by atoms with Crippen molar-refractivity contribution in [3.8, 4) is 0 Å². The minimum absolute atomic E-state index is 0.661. The van der Waals surface area contributed by atoms with Gasteiger partial charge in [-0.25, -0.2) is 0 Å². The molecule has 0 N–H and O–H groups in total. The monoisotopic (exact) mass is 167 g/mol. The molecular weight excluding hydrogens is 146 g/mol. The Morgan fingerprint density at radius 3 is 2.17 bits per heavy atom. The quantitative estimate of drug-likeness (QED) is 0.580. The zero-order valence-corrected chi connectivity index (χ0v) is 8.47. The lowest BCUT2D eigenvalue weighted by atomic mass is 9.93. The molecule has 1 heterocycles. The van der Waals surface area contributed by atoms with E-state index in [0.29, 0.717) is 5.54 Å². The van der Waals surface area contributed by atoms with E-state index in [1.807, 2.05) is 0 Å². The molecule has 2 aliphatic rings. The fourth-order valence-electron chi connectivity index (χ4n) is 3.34. The fraction of sp³-hybridized carbons (Fsp3) is 1.00. The van der Waals surface area contributed by atoms with Crippen molar-refractivity contribution in [2.75, 3.05) is 6.54 Å². The van der Waals surface area contributed by atoms with Crippen molar-refractivity contribution in [3.63, 3.8) is 0 Å². The van der Waals surface area contributed by atoms with E-state index in [1.54, 1.807) is 0 Å². The maximum absolute atomic E-state index is 2.76. The molecule has 1 aliphatic heterocycles. The van der Waals surface area contributed by atoms with Crippen LogP contribution in [0, 0.1) is 0 Å². The molecule has 1 nitrogen and oxygen atoms in total. The van der Waals surface area contributed by atoms with E-state index in [4.69, 9.17) is 0 Å². The van der Waals surface area contributed by atoms with Gasteiger partial charge in [0.25, 0.3) is 0 Å². The van der Waals surface area contributed by atoms with E-state index in [0.717, 1.165) is 6.04 Å². The Bertz CT molecular complexity index is 151. The van der Waals surface area contributed by atoms with Gasteiger partial charge >= 0.3 is 0 Å². The minimum Gasteiger partial charge on any atom is -0.295 e. The Morgan fingerprint density at radius 2 is 1.58 bits per heavy atom. The van der Waals surface area contributed by atoms with Crippen molar-refractivity contribution in [3.05, 3.63) is 0 Å². The molecule has 0 aromatic carbocycles. The Kier molecular flexibility index (Phi) is 2.16. The minimum atomic E-state index is 0.661. The van der Waals surface area contributed by atoms with Gasteiger partial charge in [-0.3, -0.25) is 4.90 Å². The van der Waals surface area contributed by atoms with Crippen LogP contribution < -0.4 is 0 Å². The standard InChI is InChI=1S/C11H21N/c1-10(2)12-9-5-8-11(12)6-3-4-7-11/h10H,3-9H2,1-2H3. The van der Waals surface area contributed by atoms with Crippen LogP contribution >= 0.6 is 0 Å². The Labute approximate surface area is 76.1 Å². The molecule has 2 fully saturated rings. The lowest BCUT2D eigenvalue weighted by Crippen LogP contribution is -2.45. The molecular formula is C11H21N. The largest absolute Gasteiger partial charge is 0.295 e. The van der Waals surface area contributed by atoms with E-state index in [1.165, 1.54) is 45.1 Å². The maximum Gasteiger partial charge on any atom is 0.0212 e. The molecule has 70 valence electrons. The lowest BCUT2D eigenvalue weighted by Gasteiger charge is -2.38. The number of hydrogen-bond acceptors (Lipinski definition) is 1. The first-order valence-electron chi connectivity index (χ1n) is 5.51. The average Bonchev–Trinajstić information content (AvgIpc) is 2.61. The Hall–Kier alpha value is -0.0400. The third-order valence-corrected chi connectivity index (χ3v) is 3.81. The summed E-state index contributed by atoms with van der Waals surface area (Å²) < 4.78 is 0. The van der Waals surface area contributed by atoms with Gasteiger partial charge in [0.05, 0.1) is 0 Å². The van der Waals surface area contributed by atoms with E-state index in [-0.39, 0.29) is 0 Å². The SMILES string of the molecule is CC(C)N1CCCC12CCCC2. The van der Waals surface area contributed by atoms with Gasteiger partial charge in [-0.2, -0.15) is 0 Å². The second kappa shape index (κ2) is 3.02. The van der Waals surface area contributed by atoms with E-state index in [9.17, 15) is 0 Å². The predicted octanol–water partition coefficient (Wildman–Crippen LogP) is 2.80. The summed E-state index contributed by atoms with van der Waals surface area (Å²) in [5.74, 6) is 0. The highest BCUT2D eigenvalue weighted by Gasteiger charge is 2.43. The summed E-state index contributed by atoms with van der Waals surface area (Å²) in [6.07, 6.45) is 8.83. The van der Waals surface area contributed by atoms with E-state index >= 15 is 0 Å². The van der Waals surface area contributed by atoms with Crippen molar-refractivity contribution < 1.29 is 0 Å². The average molecular weight is 167 g/mol. The molecule has 1 saturated heterocycles. The number of likely N-dealkylation sites (tertiary alicyclic amines) is 1. The van der Waals surface area contributed by atoms with Crippen molar-refractivity contribution in [1.82, 2.24) is 4.90 Å². The van der Waals surface area contributed by atoms with Crippen molar-refractivity contribution in [2.45, 2.75) is 64.0 Å². The van der Waals surface area contributed by atoms with E-state index in [2.05, 4.69) is 18.7 Å². The molecule has 2 rings (SSSR count). The number of nitrogens with zero attached hydrogens (tertiary/aromatic N) is 1. The molecule has 0 amide bonds. The summed E-state index contributed by atoms with van der Waals surface area (Å²) in [5.41, 5.74) is 0.661. The molecule has 1 spiro atoms. The third kappa shape index (κ3) is 1.19. The molecule has 1 saturated carbocycles. The summed E-state index contributed by atoms with van der Waals surface area (Å²) in [6, 6.07) is 0.769. The summed E-state index contributed by atoms with van der Waals surface area (Å²) in [6.45, 7) is 6.06. The van der Waals surface area contributed by atoms with Gasteiger partial charge in [0.1, 0.15) is 0 Å². The lowest BCUT2D eigenvalue weighted by molar-refractivity contribution is 0.107. The maximum atomic E-state index is 2.76. The molecule has 0 radical (unpaired) electrons. The summed E-state index contributed by atoms with van der Waals surface area (Å²) >= 11 is 0. The second-order valence-electron chi connectivity index (χ2n) is 4.82. The smallest absolute Gasteiger partial charge is 0.0212 e. The zero-order chi connectivity index (χ0) is 8.60. The van der Waals surface area contributed by atoms with Crippen LogP contribution in [0.15, 0.2) is 0 Å². The Morgan fingerprint density at radius 1 is 1.00 bits per heavy atom. The van der Waals surface area contributed by atoms with Gasteiger partial charge in [0, 0.05) is 11.6 Å². The second-order valence-corrected chi connectivity index (χ2v) is 4.82. The molecule has 1 heteroatoms. The van der Waals surface area contributed by atoms with Crippen LogP contribution in [0.4, 0.5) is 0 Å². The first kappa shape index (κ1) is 8.55. The molecule has 1 aliphatic carbocycles. The molecule has 0 aromatic heterocycles. The molecule has 0 atom stereocenters. The molecule has 0 aromatic rings. The number of rotatable bonds is 1. The first-order valence-corrected chi connectivity index (χ1v) is 5.51. The normalized spacial score (nSPS) is 29.2. The van der Waals surface area contributed by atoms with Crippen LogP contribution in [-0.4, -0.2) is 23.0 Å². The zero-order valence-electron chi connectivity index (χ0n) is 8.47. The molecule has 12 heavy (non-hydrogen) atoms. The van der Waals surface area contributed by atoms with Gasteiger partial charge < -0.3 is 0 Å². The third-order valence-electron chi connectivity index (χ3n) is 3.81. The van der Waals surface area contributed by atoms with Crippen LogP contribution in [0.2, 0.25) is 0 Å². The molecule has 0 bridgehead atoms. The first-order chi connectivity index (χ1) is 5.75. The highest BCUT2D eigenvalue weighted by atomic mass is 15.2. The van der Waals surface area contributed by atoms with Gasteiger partial charge in [-0.1, -0.05) is 12.8 Å². The highest BCUT2D eigenvalue weighted by molar-refractivity contribution is 4.99. The summed E-state index contributed by atoms with van der Waals surface area (Å²) in [7, 11) is 0. The number of hydrogen-bond donors (Lipinski definition) is 0. The van der Waals surface area contributed by atoms with Crippen molar-refractivity contribution in [1.29, 1.82) is 0 Å². The van der Waals surface area contributed by atoms with Gasteiger partial charge in [-0.15, -0.1) is 0 Å². The van der Waals surface area contributed by atoms with Crippen LogP contribution in [0.25, 0.3) is 0 Å². The van der Waals surface area contributed by atoms with Crippen LogP contribution in [0.1, 0.15) is 52.4 Å². The fourth-order valence-corrected chi connectivity index (χ4v) is 3.34. The van der Waals surface area contributed by atoms with Gasteiger partial charge in [-0.05, 0) is 46.1 Å². The summed E-state index contributed by atoms with van der Waals surface area (Å²) in [4.78, 5) is 2.76. The van der Waals surface area contributed by atoms with Crippen molar-refractivity contribution >= 4 is 0 Å². The highest BCUT2D eigenvalue weighted by Crippen LogP contribution is 2.43. The summed E-state index contributed by atoms with van der Waals surface area (Å²) in [5, 5.41) is 0. The Balaban J connectivity index is 2.12. The van der Waals surface area contributed by atoms with Gasteiger partial charge in [0.15, 0.2) is 0 Å². The molecule has 0 unspecified atom stereocenters. The van der Waals surface area contributed by atoms with Crippen LogP contribution in [-0.2, 0) is 0 Å². The van der Waals surface area contributed by atoms with Crippen LogP contribution in [0.3, 0.4) is 0 Å².